The van der Waals surface area contributed by atoms with Gasteiger partial charge in [-0.25, -0.2) is 14.4 Å². The topological polar surface area (TPSA) is 47.0 Å². The van der Waals surface area contributed by atoms with Crippen molar-refractivity contribution in [3.63, 3.8) is 0 Å². The summed E-state index contributed by atoms with van der Waals surface area (Å²) >= 11 is 5.82. The van der Waals surface area contributed by atoms with Crippen LogP contribution in [-0.4, -0.2) is 17.1 Å². The van der Waals surface area contributed by atoms with E-state index in [1.165, 1.54) is 12.4 Å². The largest absolute Gasteiger partial charge is 0.496 e. The van der Waals surface area contributed by atoms with Crippen molar-refractivity contribution in [3.05, 3.63) is 53.1 Å². The molecule has 0 aliphatic rings. The van der Waals surface area contributed by atoms with Crippen LogP contribution >= 0.6 is 11.6 Å². The highest BCUT2D eigenvalue weighted by Crippen LogP contribution is 2.31. The average molecular weight is 332 g/mol. The van der Waals surface area contributed by atoms with Gasteiger partial charge in [-0.2, -0.15) is 0 Å². The number of rotatable bonds is 4. The molecular weight excluding hydrogens is 317 g/mol. The number of anilines is 2. The third-order valence-corrected chi connectivity index (χ3v) is 3.91. The number of nitrogens with zero attached hydrogens (tertiary/aromatic N) is 2. The van der Waals surface area contributed by atoms with Gasteiger partial charge in [0.25, 0.3) is 0 Å². The van der Waals surface area contributed by atoms with Gasteiger partial charge >= 0.3 is 0 Å². The van der Waals surface area contributed by atoms with Crippen LogP contribution in [0.1, 0.15) is 12.5 Å². The van der Waals surface area contributed by atoms with E-state index >= 15 is 0 Å². The maximum Gasteiger partial charge on any atom is 0.165 e. The number of ether oxygens (including phenoxy) is 1. The normalized spacial score (nSPS) is 10.8. The standard InChI is InChI=1S/C17H15ClFN3O/c1-3-10-7-11-14(8-15(10)23-2)20-9-21-17(11)22-13-6-4-5-12(18)16(13)19/h4-9H,3H2,1-2H3,(H,20,21,22). The second-order valence-corrected chi connectivity index (χ2v) is 5.39. The Morgan fingerprint density at radius 3 is 2.83 bits per heavy atom. The monoisotopic (exact) mass is 331 g/mol. The molecule has 1 heterocycles. The third kappa shape index (κ3) is 2.92. The highest BCUT2D eigenvalue weighted by Gasteiger charge is 2.12. The summed E-state index contributed by atoms with van der Waals surface area (Å²) in [5.74, 6) is 0.789. The number of halogens is 2. The summed E-state index contributed by atoms with van der Waals surface area (Å²) in [6.45, 7) is 2.04. The average Bonchev–Trinajstić information content (AvgIpc) is 2.58. The molecule has 4 nitrogen and oxygen atoms in total. The fraction of sp³-hybridized carbons (Fsp3) is 0.176. The molecule has 118 valence electrons. The van der Waals surface area contributed by atoms with E-state index in [4.69, 9.17) is 16.3 Å². The molecule has 0 saturated heterocycles. The van der Waals surface area contributed by atoms with Crippen LogP contribution in [0.4, 0.5) is 15.9 Å². The molecule has 0 fully saturated rings. The molecule has 0 aliphatic heterocycles. The van der Waals surface area contributed by atoms with E-state index < -0.39 is 5.82 Å². The molecule has 0 saturated carbocycles. The van der Waals surface area contributed by atoms with Crippen molar-refractivity contribution in [2.75, 3.05) is 12.4 Å². The Kier molecular flexibility index (Phi) is 4.30. The maximum atomic E-state index is 14.1. The van der Waals surface area contributed by atoms with Crippen molar-refractivity contribution in [2.24, 2.45) is 0 Å². The molecule has 0 spiro atoms. The number of fused-ring (bicyclic) bond motifs is 1. The first-order chi connectivity index (χ1) is 11.1. The summed E-state index contributed by atoms with van der Waals surface area (Å²) in [5, 5.41) is 3.85. The minimum atomic E-state index is -0.509. The minimum absolute atomic E-state index is 0.0595. The molecule has 23 heavy (non-hydrogen) atoms. The van der Waals surface area contributed by atoms with Crippen LogP contribution in [0.2, 0.25) is 5.02 Å². The maximum absolute atomic E-state index is 14.1. The van der Waals surface area contributed by atoms with Gasteiger partial charge in [-0.05, 0) is 30.2 Å². The van der Waals surface area contributed by atoms with Gasteiger partial charge in [0.05, 0.1) is 23.3 Å². The van der Waals surface area contributed by atoms with Crippen molar-refractivity contribution >= 4 is 34.0 Å². The summed E-state index contributed by atoms with van der Waals surface area (Å²) in [4.78, 5) is 8.49. The van der Waals surface area contributed by atoms with Crippen LogP contribution in [0, 0.1) is 5.82 Å². The summed E-state index contributed by atoms with van der Waals surface area (Å²) < 4.78 is 19.5. The highest BCUT2D eigenvalue weighted by atomic mass is 35.5. The SMILES string of the molecule is CCc1cc2c(Nc3cccc(Cl)c3F)ncnc2cc1OC. The molecule has 0 atom stereocenters. The van der Waals surface area contributed by atoms with Gasteiger partial charge in [-0.3, -0.25) is 0 Å². The molecule has 1 aromatic heterocycles. The fourth-order valence-corrected chi connectivity index (χ4v) is 2.60. The molecule has 2 aromatic carbocycles. The van der Waals surface area contributed by atoms with Crippen molar-refractivity contribution in [1.82, 2.24) is 9.97 Å². The lowest BCUT2D eigenvalue weighted by molar-refractivity contribution is 0.410. The van der Waals surface area contributed by atoms with E-state index in [0.29, 0.717) is 5.82 Å². The molecule has 3 rings (SSSR count). The van der Waals surface area contributed by atoms with Gasteiger partial charge in [0.1, 0.15) is 17.9 Å². The second-order valence-electron chi connectivity index (χ2n) is 4.98. The molecule has 3 aromatic rings. The Morgan fingerprint density at radius 2 is 2.09 bits per heavy atom. The molecule has 6 heteroatoms. The molecule has 0 radical (unpaired) electrons. The van der Waals surface area contributed by atoms with Crippen LogP contribution < -0.4 is 10.1 Å². The zero-order valence-corrected chi connectivity index (χ0v) is 13.5. The van der Waals surface area contributed by atoms with Gasteiger partial charge < -0.3 is 10.1 Å². The van der Waals surface area contributed by atoms with Gasteiger partial charge in [-0.15, -0.1) is 0 Å². The Balaban J connectivity index is 2.12. The number of nitrogens with one attached hydrogen (secondary N) is 1. The Hall–Kier alpha value is -2.40. The van der Waals surface area contributed by atoms with Gasteiger partial charge in [0.15, 0.2) is 5.82 Å². The molecule has 0 bridgehead atoms. The summed E-state index contributed by atoms with van der Waals surface area (Å²) in [7, 11) is 1.63. The van der Waals surface area contributed by atoms with Crippen LogP contribution in [0.3, 0.4) is 0 Å². The quantitative estimate of drug-likeness (QED) is 0.750. The van der Waals surface area contributed by atoms with E-state index in [0.717, 1.165) is 28.6 Å². The molecule has 0 unspecified atom stereocenters. The lowest BCUT2D eigenvalue weighted by Crippen LogP contribution is -2.00. The molecule has 0 aliphatic carbocycles. The Morgan fingerprint density at radius 1 is 1.26 bits per heavy atom. The first-order valence-corrected chi connectivity index (χ1v) is 7.54. The van der Waals surface area contributed by atoms with Gasteiger partial charge in [0, 0.05) is 11.5 Å². The van der Waals surface area contributed by atoms with Crippen LogP contribution in [-0.2, 0) is 6.42 Å². The predicted octanol–water partition coefficient (Wildman–Crippen LogP) is 4.74. The smallest absolute Gasteiger partial charge is 0.165 e. The first-order valence-electron chi connectivity index (χ1n) is 7.16. The number of hydrogen-bond donors (Lipinski definition) is 1. The minimum Gasteiger partial charge on any atom is -0.496 e. The summed E-state index contributed by atoms with van der Waals surface area (Å²) in [6.07, 6.45) is 2.23. The zero-order chi connectivity index (χ0) is 16.4. The molecule has 0 amide bonds. The first kappa shape index (κ1) is 15.5. The lowest BCUT2D eigenvalue weighted by Gasteiger charge is -2.12. The van der Waals surface area contributed by atoms with Crippen LogP contribution in [0.25, 0.3) is 10.9 Å². The second kappa shape index (κ2) is 6.38. The summed E-state index contributed by atoms with van der Waals surface area (Å²) in [5.41, 5.74) is 2.02. The van der Waals surface area contributed by atoms with E-state index in [9.17, 15) is 4.39 Å². The van der Waals surface area contributed by atoms with E-state index in [1.54, 1.807) is 19.2 Å². The Labute approximate surface area is 138 Å². The van der Waals surface area contributed by atoms with Gasteiger partial charge in [-0.1, -0.05) is 24.6 Å². The zero-order valence-electron chi connectivity index (χ0n) is 12.7. The van der Waals surface area contributed by atoms with E-state index in [1.807, 2.05) is 19.1 Å². The molecule has 1 N–H and O–H groups in total. The number of methoxy groups -OCH3 is 1. The number of benzene rings is 2. The van der Waals surface area contributed by atoms with Gasteiger partial charge in [0.2, 0.25) is 0 Å². The predicted molar refractivity (Wildman–Crippen MR) is 90.2 cm³/mol. The fourth-order valence-electron chi connectivity index (χ4n) is 2.42. The van der Waals surface area contributed by atoms with E-state index in [2.05, 4.69) is 15.3 Å². The molecular formula is C17H15ClFN3O. The van der Waals surface area contributed by atoms with Crippen molar-refractivity contribution < 1.29 is 9.13 Å². The van der Waals surface area contributed by atoms with Crippen molar-refractivity contribution in [1.29, 1.82) is 0 Å². The van der Waals surface area contributed by atoms with Crippen molar-refractivity contribution in [2.45, 2.75) is 13.3 Å². The Bertz CT molecular complexity index is 870. The van der Waals surface area contributed by atoms with E-state index in [-0.39, 0.29) is 10.7 Å². The van der Waals surface area contributed by atoms with Crippen LogP contribution in [0.15, 0.2) is 36.7 Å². The third-order valence-electron chi connectivity index (χ3n) is 3.62. The number of aromatic nitrogens is 2. The van der Waals surface area contributed by atoms with Crippen molar-refractivity contribution in [3.8, 4) is 5.75 Å². The lowest BCUT2D eigenvalue weighted by atomic mass is 10.1. The van der Waals surface area contributed by atoms with Crippen LogP contribution in [0.5, 0.6) is 5.75 Å². The number of aryl methyl sites for hydroxylation is 1. The highest BCUT2D eigenvalue weighted by molar-refractivity contribution is 6.31. The summed E-state index contributed by atoms with van der Waals surface area (Å²) in [6, 6.07) is 8.60. The number of hydrogen-bond acceptors (Lipinski definition) is 4.